The normalized spacial score (nSPS) is 10.4. The highest BCUT2D eigenvalue weighted by Gasteiger charge is 2.20. The van der Waals surface area contributed by atoms with Crippen LogP contribution in [0.3, 0.4) is 0 Å². The largest absolute Gasteiger partial charge is 0.495 e. The van der Waals surface area contributed by atoms with Crippen LogP contribution >= 0.6 is 11.6 Å². The minimum Gasteiger partial charge on any atom is -0.495 e. The highest BCUT2D eigenvalue weighted by Crippen LogP contribution is 2.36. The lowest BCUT2D eigenvalue weighted by Crippen LogP contribution is -2.17. The zero-order valence-electron chi connectivity index (χ0n) is 9.98. The summed E-state index contributed by atoms with van der Waals surface area (Å²) in [4.78, 5) is 11.7. The molecule has 0 spiro atoms. The summed E-state index contributed by atoms with van der Waals surface area (Å²) in [6.07, 6.45) is 0. The van der Waals surface area contributed by atoms with Crippen LogP contribution in [0.4, 0.5) is 0 Å². The third-order valence-electron chi connectivity index (χ3n) is 2.85. The maximum Gasteiger partial charge on any atom is 0.176 e. The first kappa shape index (κ1) is 13.0. The van der Waals surface area contributed by atoms with Crippen molar-refractivity contribution in [1.82, 2.24) is 0 Å². The van der Waals surface area contributed by atoms with Crippen molar-refractivity contribution in [3.8, 4) is 5.75 Å². The number of halogens is 1. The molecule has 0 heterocycles. The summed E-state index contributed by atoms with van der Waals surface area (Å²) in [5.74, 6) is 0.535. The summed E-state index contributed by atoms with van der Waals surface area (Å²) in [5, 5.41) is 0.488. The van der Waals surface area contributed by atoms with Crippen LogP contribution < -0.4 is 10.5 Å². The van der Waals surface area contributed by atoms with Gasteiger partial charge < -0.3 is 10.5 Å². The van der Waals surface area contributed by atoms with Gasteiger partial charge in [0.2, 0.25) is 0 Å². The second kappa shape index (κ2) is 4.85. The van der Waals surface area contributed by atoms with E-state index in [2.05, 4.69) is 0 Å². The molecule has 0 saturated carbocycles. The molecule has 0 aromatic heterocycles. The van der Waals surface area contributed by atoms with E-state index in [1.54, 1.807) is 14.0 Å². The van der Waals surface area contributed by atoms with Crippen molar-refractivity contribution in [2.75, 3.05) is 13.7 Å². The van der Waals surface area contributed by atoms with Gasteiger partial charge >= 0.3 is 0 Å². The van der Waals surface area contributed by atoms with Crippen LogP contribution in [0.1, 0.15) is 27.0 Å². The van der Waals surface area contributed by atoms with Gasteiger partial charge in [-0.2, -0.15) is 0 Å². The number of nitrogens with two attached hydrogens (primary N) is 1. The van der Waals surface area contributed by atoms with Gasteiger partial charge in [0, 0.05) is 5.56 Å². The first-order valence-electron chi connectivity index (χ1n) is 5.02. The number of Topliss-reactive ketones (excluding diaryl/α,β-unsaturated/α-hetero) is 1. The predicted molar refractivity (Wildman–Crippen MR) is 65.6 cm³/mol. The molecule has 0 amide bonds. The number of ether oxygens (including phenoxy) is 1. The third-order valence-corrected chi connectivity index (χ3v) is 3.31. The fraction of sp³-hybridized carbons (Fsp3) is 0.417. The number of hydrogen-bond donors (Lipinski definition) is 1. The Morgan fingerprint density at radius 2 is 1.81 bits per heavy atom. The Morgan fingerprint density at radius 3 is 2.25 bits per heavy atom. The second-order valence-electron chi connectivity index (χ2n) is 3.72. The number of carbonyl (C=O) groups excluding carboxylic acids is 1. The summed E-state index contributed by atoms with van der Waals surface area (Å²) < 4.78 is 5.23. The average Bonchev–Trinajstić information content (AvgIpc) is 2.27. The molecule has 1 aromatic carbocycles. The topological polar surface area (TPSA) is 52.3 Å². The number of rotatable bonds is 3. The summed E-state index contributed by atoms with van der Waals surface area (Å²) in [7, 11) is 1.57. The Kier molecular flexibility index (Phi) is 3.94. The van der Waals surface area contributed by atoms with E-state index in [0.29, 0.717) is 16.3 Å². The lowest BCUT2D eigenvalue weighted by molar-refractivity contribution is 0.1000. The van der Waals surface area contributed by atoms with Crippen molar-refractivity contribution in [3.63, 3.8) is 0 Å². The standard InChI is InChI=1S/C12H16ClNO2/c1-6-7(2)12(16-4)11(13)8(3)10(6)9(15)5-14/h5,14H2,1-4H3. The van der Waals surface area contributed by atoms with Crippen molar-refractivity contribution < 1.29 is 9.53 Å². The van der Waals surface area contributed by atoms with Crippen LogP contribution in [-0.2, 0) is 0 Å². The maximum absolute atomic E-state index is 11.7. The van der Waals surface area contributed by atoms with Gasteiger partial charge in [0.25, 0.3) is 0 Å². The van der Waals surface area contributed by atoms with E-state index in [4.69, 9.17) is 22.1 Å². The zero-order chi connectivity index (χ0) is 12.5. The molecule has 0 bridgehead atoms. The van der Waals surface area contributed by atoms with Gasteiger partial charge in [-0.25, -0.2) is 0 Å². The van der Waals surface area contributed by atoms with Crippen molar-refractivity contribution >= 4 is 17.4 Å². The van der Waals surface area contributed by atoms with Crippen molar-refractivity contribution in [2.24, 2.45) is 5.73 Å². The number of methoxy groups -OCH3 is 1. The highest BCUT2D eigenvalue weighted by atomic mass is 35.5. The van der Waals surface area contributed by atoms with Gasteiger partial charge in [-0.15, -0.1) is 0 Å². The molecule has 0 saturated heterocycles. The van der Waals surface area contributed by atoms with Gasteiger partial charge in [0.15, 0.2) is 5.78 Å². The molecular weight excluding hydrogens is 226 g/mol. The summed E-state index contributed by atoms with van der Waals surface area (Å²) >= 11 is 6.16. The molecule has 1 rings (SSSR count). The van der Waals surface area contributed by atoms with E-state index in [0.717, 1.165) is 16.7 Å². The molecule has 4 heteroatoms. The Labute approximate surface area is 101 Å². The van der Waals surface area contributed by atoms with E-state index < -0.39 is 0 Å². The van der Waals surface area contributed by atoms with E-state index in [-0.39, 0.29) is 12.3 Å². The van der Waals surface area contributed by atoms with Crippen LogP contribution in [0.25, 0.3) is 0 Å². The van der Waals surface area contributed by atoms with Gasteiger partial charge in [0.05, 0.1) is 18.7 Å². The first-order chi connectivity index (χ1) is 7.45. The molecule has 0 unspecified atom stereocenters. The van der Waals surface area contributed by atoms with Crippen molar-refractivity contribution in [1.29, 1.82) is 0 Å². The number of benzene rings is 1. The van der Waals surface area contributed by atoms with E-state index in [9.17, 15) is 4.79 Å². The average molecular weight is 242 g/mol. The van der Waals surface area contributed by atoms with E-state index >= 15 is 0 Å². The van der Waals surface area contributed by atoms with Crippen LogP contribution in [0, 0.1) is 20.8 Å². The molecule has 0 radical (unpaired) electrons. The summed E-state index contributed by atoms with van der Waals surface area (Å²) in [6.45, 7) is 5.56. The Hall–Kier alpha value is -1.06. The van der Waals surface area contributed by atoms with Gasteiger partial charge in [-0.3, -0.25) is 4.79 Å². The highest BCUT2D eigenvalue weighted by molar-refractivity contribution is 6.33. The fourth-order valence-corrected chi connectivity index (χ4v) is 2.16. The fourth-order valence-electron chi connectivity index (χ4n) is 1.85. The monoisotopic (exact) mass is 241 g/mol. The molecule has 3 nitrogen and oxygen atoms in total. The first-order valence-corrected chi connectivity index (χ1v) is 5.40. The minimum atomic E-state index is -0.0948. The predicted octanol–water partition coefficient (Wildman–Crippen LogP) is 2.42. The SMILES string of the molecule is COc1c(C)c(C)c(C(=O)CN)c(C)c1Cl. The molecule has 0 fully saturated rings. The third kappa shape index (κ3) is 1.93. The van der Waals surface area contributed by atoms with Crippen molar-refractivity contribution in [3.05, 3.63) is 27.3 Å². The molecule has 1 aromatic rings. The number of carbonyl (C=O) groups is 1. The Morgan fingerprint density at radius 1 is 1.25 bits per heavy atom. The van der Waals surface area contributed by atoms with Crippen LogP contribution in [0.2, 0.25) is 5.02 Å². The lowest BCUT2D eigenvalue weighted by Gasteiger charge is -2.17. The van der Waals surface area contributed by atoms with Gasteiger partial charge in [-0.1, -0.05) is 11.6 Å². The Balaban J connectivity index is 3.60. The Bertz CT molecular complexity index is 412. The maximum atomic E-state index is 11.7. The lowest BCUT2D eigenvalue weighted by atomic mass is 9.94. The van der Waals surface area contributed by atoms with Gasteiger partial charge in [-0.05, 0) is 37.5 Å². The smallest absolute Gasteiger partial charge is 0.176 e. The zero-order valence-corrected chi connectivity index (χ0v) is 10.7. The molecule has 2 N–H and O–H groups in total. The van der Waals surface area contributed by atoms with E-state index in [1.165, 1.54) is 0 Å². The summed E-state index contributed by atoms with van der Waals surface area (Å²) in [6, 6.07) is 0. The van der Waals surface area contributed by atoms with Gasteiger partial charge in [0.1, 0.15) is 5.75 Å². The molecule has 0 atom stereocenters. The van der Waals surface area contributed by atoms with Crippen LogP contribution in [0.5, 0.6) is 5.75 Å². The number of hydrogen-bond acceptors (Lipinski definition) is 3. The minimum absolute atomic E-state index is 0.0101. The quantitative estimate of drug-likeness (QED) is 0.827. The molecule has 88 valence electrons. The van der Waals surface area contributed by atoms with Crippen LogP contribution in [0.15, 0.2) is 0 Å². The van der Waals surface area contributed by atoms with Crippen LogP contribution in [-0.4, -0.2) is 19.4 Å². The molecule has 0 aliphatic rings. The van der Waals surface area contributed by atoms with E-state index in [1.807, 2.05) is 13.8 Å². The number of ketones is 1. The second-order valence-corrected chi connectivity index (χ2v) is 4.10. The van der Waals surface area contributed by atoms with Crippen molar-refractivity contribution in [2.45, 2.75) is 20.8 Å². The molecule has 0 aliphatic carbocycles. The summed E-state index contributed by atoms with van der Waals surface area (Å²) in [5.41, 5.74) is 8.51. The molecule has 0 aliphatic heterocycles. The molecular formula is C12H16ClNO2. The molecule has 16 heavy (non-hydrogen) atoms.